The lowest BCUT2D eigenvalue weighted by Crippen LogP contribution is -2.25. The maximum Gasteiger partial charge on any atom is 0.161 e. The molecule has 1 N–H and O–H groups in total. The molecule has 0 atom stereocenters. The molecule has 0 radical (unpaired) electrons. The van der Waals surface area contributed by atoms with Crippen LogP contribution in [0.3, 0.4) is 0 Å². The molecule has 1 aromatic rings. The molecule has 1 aliphatic rings. The first-order valence-corrected chi connectivity index (χ1v) is 6.53. The predicted molar refractivity (Wildman–Crippen MR) is 71.4 cm³/mol. The van der Waals surface area contributed by atoms with Gasteiger partial charge in [-0.25, -0.2) is 0 Å². The molecule has 0 spiro atoms. The molecule has 0 unspecified atom stereocenters. The minimum atomic E-state index is -0.262. The van der Waals surface area contributed by atoms with Gasteiger partial charge in [0, 0.05) is 5.41 Å². The van der Waals surface area contributed by atoms with Gasteiger partial charge in [0.05, 0.1) is 19.8 Å². The topological polar surface area (TPSA) is 38.7 Å². The van der Waals surface area contributed by atoms with Crippen molar-refractivity contribution in [2.75, 3.05) is 13.7 Å². The van der Waals surface area contributed by atoms with Crippen molar-refractivity contribution in [3.05, 3.63) is 23.8 Å². The highest BCUT2D eigenvalue weighted by Crippen LogP contribution is 2.35. The number of aliphatic hydroxyl groups is 1. The summed E-state index contributed by atoms with van der Waals surface area (Å²) in [6.07, 6.45) is 3.86. The molecular formula is C15H22O3. The predicted octanol–water partition coefficient (Wildman–Crippen LogP) is 2.90. The van der Waals surface area contributed by atoms with Gasteiger partial charge < -0.3 is 14.6 Å². The van der Waals surface area contributed by atoms with Gasteiger partial charge in [-0.3, -0.25) is 0 Å². The fourth-order valence-corrected chi connectivity index (χ4v) is 1.95. The van der Waals surface area contributed by atoms with Crippen molar-refractivity contribution >= 4 is 0 Å². The van der Waals surface area contributed by atoms with Gasteiger partial charge in [-0.15, -0.1) is 0 Å². The summed E-state index contributed by atoms with van der Waals surface area (Å²) in [6.45, 7) is 4.13. The minimum Gasteiger partial charge on any atom is -0.493 e. The molecule has 3 nitrogen and oxygen atoms in total. The second kappa shape index (κ2) is 5.19. The van der Waals surface area contributed by atoms with Crippen LogP contribution in [0.2, 0.25) is 0 Å². The van der Waals surface area contributed by atoms with Crippen molar-refractivity contribution < 1.29 is 14.6 Å². The third-order valence-electron chi connectivity index (χ3n) is 3.69. The Morgan fingerprint density at radius 3 is 2.50 bits per heavy atom. The van der Waals surface area contributed by atoms with E-state index in [1.165, 1.54) is 6.42 Å². The van der Waals surface area contributed by atoms with Crippen molar-refractivity contribution in [1.82, 2.24) is 0 Å². The fraction of sp³-hybridized carbons (Fsp3) is 0.600. The lowest BCUT2D eigenvalue weighted by Gasteiger charge is -2.28. The summed E-state index contributed by atoms with van der Waals surface area (Å²) in [5.41, 5.74) is 0.797. The Hall–Kier alpha value is -1.22. The van der Waals surface area contributed by atoms with Crippen molar-refractivity contribution in [2.24, 2.45) is 0 Å². The molecule has 0 aliphatic heterocycles. The van der Waals surface area contributed by atoms with E-state index in [1.807, 2.05) is 32.0 Å². The van der Waals surface area contributed by atoms with E-state index in [-0.39, 0.29) is 12.0 Å². The van der Waals surface area contributed by atoms with Crippen LogP contribution in [0.1, 0.15) is 38.7 Å². The van der Waals surface area contributed by atoms with Gasteiger partial charge in [0.25, 0.3) is 0 Å². The highest BCUT2D eigenvalue weighted by molar-refractivity contribution is 5.45. The van der Waals surface area contributed by atoms with Crippen LogP contribution < -0.4 is 9.47 Å². The molecule has 3 heteroatoms. The standard InChI is InChI=1S/C15H22O3/c1-15(2,10-16)11-7-8-13(14(9-11)17-3)18-12-5-4-6-12/h7-9,12,16H,4-6,10H2,1-3H3. The largest absolute Gasteiger partial charge is 0.493 e. The molecule has 0 heterocycles. The monoisotopic (exact) mass is 250 g/mol. The highest BCUT2D eigenvalue weighted by Gasteiger charge is 2.24. The summed E-state index contributed by atoms with van der Waals surface area (Å²) >= 11 is 0. The third-order valence-corrected chi connectivity index (χ3v) is 3.69. The van der Waals surface area contributed by atoms with E-state index in [4.69, 9.17) is 9.47 Å². The van der Waals surface area contributed by atoms with E-state index in [1.54, 1.807) is 7.11 Å². The Bertz CT molecular complexity index is 408. The van der Waals surface area contributed by atoms with Crippen molar-refractivity contribution in [3.8, 4) is 11.5 Å². The van der Waals surface area contributed by atoms with Crippen molar-refractivity contribution in [2.45, 2.75) is 44.6 Å². The second-order valence-corrected chi connectivity index (χ2v) is 5.58. The first-order chi connectivity index (χ1) is 8.56. The Balaban J connectivity index is 2.22. The average Bonchev–Trinajstić information content (AvgIpc) is 2.33. The first-order valence-electron chi connectivity index (χ1n) is 6.53. The van der Waals surface area contributed by atoms with E-state index in [2.05, 4.69) is 0 Å². The van der Waals surface area contributed by atoms with E-state index in [0.717, 1.165) is 29.9 Å². The number of methoxy groups -OCH3 is 1. The summed E-state index contributed by atoms with van der Waals surface area (Å²) < 4.78 is 11.3. The van der Waals surface area contributed by atoms with Gasteiger partial charge in [0.2, 0.25) is 0 Å². The maximum absolute atomic E-state index is 9.40. The molecule has 0 bridgehead atoms. The second-order valence-electron chi connectivity index (χ2n) is 5.58. The number of aliphatic hydroxyl groups excluding tert-OH is 1. The summed E-state index contributed by atoms with van der Waals surface area (Å²) in [5, 5.41) is 9.40. The third kappa shape index (κ3) is 2.61. The zero-order chi connectivity index (χ0) is 13.2. The van der Waals surface area contributed by atoms with Crippen LogP contribution in [0.25, 0.3) is 0 Å². The smallest absolute Gasteiger partial charge is 0.161 e. The van der Waals surface area contributed by atoms with Crippen LogP contribution in [0, 0.1) is 0 Å². The van der Waals surface area contributed by atoms with E-state index in [0.29, 0.717) is 6.10 Å². The molecule has 1 aliphatic carbocycles. The van der Waals surface area contributed by atoms with Gasteiger partial charge >= 0.3 is 0 Å². The zero-order valence-electron chi connectivity index (χ0n) is 11.4. The molecule has 0 aromatic heterocycles. The Kier molecular flexibility index (Phi) is 3.81. The Morgan fingerprint density at radius 2 is 2.00 bits per heavy atom. The number of rotatable bonds is 5. The number of ether oxygens (including phenoxy) is 2. The van der Waals surface area contributed by atoms with E-state index in [9.17, 15) is 5.11 Å². The average molecular weight is 250 g/mol. The number of hydrogen-bond acceptors (Lipinski definition) is 3. The molecular weight excluding hydrogens is 228 g/mol. The highest BCUT2D eigenvalue weighted by atomic mass is 16.5. The van der Waals surface area contributed by atoms with Crippen LogP contribution in [-0.2, 0) is 5.41 Å². The first kappa shape index (κ1) is 13.2. The maximum atomic E-state index is 9.40. The molecule has 0 saturated heterocycles. The molecule has 18 heavy (non-hydrogen) atoms. The van der Waals surface area contributed by atoms with Gasteiger partial charge in [-0.1, -0.05) is 19.9 Å². The van der Waals surface area contributed by atoms with Crippen LogP contribution in [-0.4, -0.2) is 24.9 Å². The quantitative estimate of drug-likeness (QED) is 0.873. The van der Waals surface area contributed by atoms with Gasteiger partial charge in [0.1, 0.15) is 0 Å². The molecule has 1 fully saturated rings. The van der Waals surface area contributed by atoms with Gasteiger partial charge in [-0.05, 0) is 37.0 Å². The summed E-state index contributed by atoms with van der Waals surface area (Å²) in [5.74, 6) is 1.56. The SMILES string of the molecule is COc1cc(C(C)(C)CO)ccc1OC1CCC1. The molecule has 1 saturated carbocycles. The van der Waals surface area contributed by atoms with Crippen LogP contribution in [0.5, 0.6) is 11.5 Å². The fourth-order valence-electron chi connectivity index (χ4n) is 1.95. The summed E-state index contributed by atoms with van der Waals surface area (Å²) in [6, 6.07) is 5.92. The van der Waals surface area contributed by atoms with Gasteiger partial charge in [-0.2, -0.15) is 0 Å². The summed E-state index contributed by atoms with van der Waals surface area (Å²) in [7, 11) is 1.65. The van der Waals surface area contributed by atoms with Crippen molar-refractivity contribution in [1.29, 1.82) is 0 Å². The molecule has 100 valence electrons. The van der Waals surface area contributed by atoms with Crippen molar-refractivity contribution in [3.63, 3.8) is 0 Å². The molecule has 1 aromatic carbocycles. The Morgan fingerprint density at radius 1 is 1.28 bits per heavy atom. The van der Waals surface area contributed by atoms with Gasteiger partial charge in [0.15, 0.2) is 11.5 Å². The minimum absolute atomic E-state index is 0.110. The number of benzene rings is 1. The number of hydrogen-bond donors (Lipinski definition) is 1. The lowest BCUT2D eigenvalue weighted by atomic mass is 9.85. The Labute approximate surface area is 109 Å². The van der Waals surface area contributed by atoms with Crippen LogP contribution >= 0.6 is 0 Å². The molecule has 2 rings (SSSR count). The van der Waals surface area contributed by atoms with E-state index >= 15 is 0 Å². The van der Waals surface area contributed by atoms with E-state index < -0.39 is 0 Å². The van der Waals surface area contributed by atoms with Crippen LogP contribution in [0.15, 0.2) is 18.2 Å². The van der Waals surface area contributed by atoms with Crippen LogP contribution in [0.4, 0.5) is 0 Å². The molecule has 0 amide bonds. The normalized spacial score (nSPS) is 16.2. The lowest BCUT2D eigenvalue weighted by molar-refractivity contribution is 0.116. The zero-order valence-corrected chi connectivity index (χ0v) is 11.4. The summed E-state index contributed by atoms with van der Waals surface area (Å²) in [4.78, 5) is 0.